The predicted molar refractivity (Wildman–Crippen MR) is 120 cm³/mol. The normalized spacial score (nSPS) is 10.8. The molecular formula is C24H18BrFN2O3. The molecule has 0 aromatic heterocycles. The molecule has 3 rings (SSSR count). The molecule has 0 atom stereocenters. The van der Waals surface area contributed by atoms with Crippen molar-refractivity contribution in [3.63, 3.8) is 0 Å². The molecule has 0 bridgehead atoms. The van der Waals surface area contributed by atoms with Gasteiger partial charge in [-0.1, -0.05) is 30.3 Å². The number of hydrogen-bond donors (Lipinski definition) is 1. The monoisotopic (exact) mass is 480 g/mol. The van der Waals surface area contributed by atoms with Crippen LogP contribution < -0.4 is 14.8 Å². The Hall–Kier alpha value is -3.63. The Kier molecular flexibility index (Phi) is 7.41. The number of carbonyl (C=O) groups is 1. The number of para-hydroxylation sites is 1. The first-order chi connectivity index (χ1) is 15.0. The van der Waals surface area contributed by atoms with Crippen LogP contribution in [0.5, 0.6) is 11.5 Å². The molecule has 0 aliphatic carbocycles. The van der Waals surface area contributed by atoms with Gasteiger partial charge in [0.2, 0.25) is 0 Å². The van der Waals surface area contributed by atoms with Crippen molar-refractivity contribution in [1.29, 1.82) is 5.26 Å². The van der Waals surface area contributed by atoms with Crippen molar-refractivity contribution < 1.29 is 18.7 Å². The summed E-state index contributed by atoms with van der Waals surface area (Å²) in [6.45, 7) is 0.144. The van der Waals surface area contributed by atoms with Crippen molar-refractivity contribution >= 4 is 33.6 Å². The minimum absolute atomic E-state index is 0.0637. The molecule has 3 aromatic carbocycles. The molecule has 0 saturated carbocycles. The first-order valence-electron chi connectivity index (χ1n) is 9.23. The third-order valence-electron chi connectivity index (χ3n) is 4.23. The van der Waals surface area contributed by atoms with Crippen molar-refractivity contribution in [2.75, 3.05) is 12.4 Å². The lowest BCUT2D eigenvalue weighted by Gasteiger charge is -2.14. The zero-order chi connectivity index (χ0) is 22.2. The molecule has 1 N–H and O–H groups in total. The van der Waals surface area contributed by atoms with E-state index < -0.39 is 5.91 Å². The van der Waals surface area contributed by atoms with Gasteiger partial charge in [0.25, 0.3) is 5.91 Å². The Bertz CT molecular complexity index is 1160. The highest BCUT2D eigenvalue weighted by atomic mass is 79.9. The largest absolute Gasteiger partial charge is 0.493 e. The van der Waals surface area contributed by atoms with Crippen LogP contribution in [-0.2, 0) is 11.4 Å². The van der Waals surface area contributed by atoms with E-state index in [0.717, 1.165) is 0 Å². The predicted octanol–water partition coefficient (Wildman–Crippen LogP) is 5.72. The van der Waals surface area contributed by atoms with Crippen molar-refractivity contribution in [2.45, 2.75) is 6.61 Å². The summed E-state index contributed by atoms with van der Waals surface area (Å²) in [5.74, 6) is -0.0328. The van der Waals surface area contributed by atoms with Crippen LogP contribution in [0.4, 0.5) is 10.1 Å². The molecule has 0 saturated heterocycles. The number of methoxy groups -OCH3 is 1. The van der Waals surface area contributed by atoms with Gasteiger partial charge in [0, 0.05) is 5.69 Å². The molecule has 0 spiro atoms. The summed E-state index contributed by atoms with van der Waals surface area (Å²) in [6, 6.07) is 20.3. The molecule has 3 aromatic rings. The second kappa shape index (κ2) is 10.4. The number of hydrogen-bond acceptors (Lipinski definition) is 4. The number of rotatable bonds is 7. The fourth-order valence-electron chi connectivity index (χ4n) is 2.78. The van der Waals surface area contributed by atoms with E-state index in [1.807, 2.05) is 12.1 Å². The van der Waals surface area contributed by atoms with Gasteiger partial charge in [-0.2, -0.15) is 5.26 Å². The third-order valence-corrected chi connectivity index (χ3v) is 4.82. The first-order valence-corrected chi connectivity index (χ1v) is 10.0. The number of anilines is 1. The maximum atomic E-state index is 13.4. The highest BCUT2D eigenvalue weighted by molar-refractivity contribution is 9.10. The molecule has 7 heteroatoms. The van der Waals surface area contributed by atoms with E-state index in [2.05, 4.69) is 21.2 Å². The topological polar surface area (TPSA) is 71.3 Å². The van der Waals surface area contributed by atoms with E-state index in [9.17, 15) is 14.4 Å². The average Bonchev–Trinajstić information content (AvgIpc) is 2.77. The molecule has 1 amide bonds. The van der Waals surface area contributed by atoms with Gasteiger partial charge >= 0.3 is 0 Å². The van der Waals surface area contributed by atoms with E-state index in [1.54, 1.807) is 48.5 Å². The molecule has 156 valence electrons. The minimum Gasteiger partial charge on any atom is -0.493 e. The van der Waals surface area contributed by atoms with Crippen molar-refractivity contribution in [1.82, 2.24) is 0 Å². The Morgan fingerprint density at radius 1 is 1.16 bits per heavy atom. The van der Waals surface area contributed by atoms with Gasteiger partial charge in [-0.05, 0) is 69.5 Å². The molecule has 0 aliphatic rings. The summed E-state index contributed by atoms with van der Waals surface area (Å²) in [5, 5.41) is 12.1. The van der Waals surface area contributed by atoms with Gasteiger partial charge in [-0.15, -0.1) is 0 Å². The van der Waals surface area contributed by atoms with Gasteiger partial charge in [0.1, 0.15) is 24.1 Å². The summed E-state index contributed by atoms with van der Waals surface area (Å²) in [5.41, 5.74) is 1.77. The van der Waals surface area contributed by atoms with Gasteiger partial charge in [-0.25, -0.2) is 4.39 Å². The lowest BCUT2D eigenvalue weighted by molar-refractivity contribution is -0.112. The number of amides is 1. The number of nitrogens with zero attached hydrogens (tertiary/aromatic N) is 1. The van der Waals surface area contributed by atoms with Crippen LogP contribution in [0.15, 0.2) is 76.8 Å². The average molecular weight is 481 g/mol. The number of nitriles is 1. The van der Waals surface area contributed by atoms with Crippen LogP contribution in [0.25, 0.3) is 6.08 Å². The molecule has 5 nitrogen and oxygen atoms in total. The fourth-order valence-corrected chi connectivity index (χ4v) is 3.35. The third kappa shape index (κ3) is 5.93. The summed E-state index contributed by atoms with van der Waals surface area (Å²) in [7, 11) is 1.48. The van der Waals surface area contributed by atoms with E-state index in [4.69, 9.17) is 9.47 Å². The Morgan fingerprint density at radius 3 is 2.61 bits per heavy atom. The van der Waals surface area contributed by atoms with Crippen LogP contribution in [0.3, 0.4) is 0 Å². The summed E-state index contributed by atoms with van der Waals surface area (Å²) in [6.07, 6.45) is 1.46. The van der Waals surface area contributed by atoms with Crippen LogP contribution in [0, 0.1) is 17.1 Å². The van der Waals surface area contributed by atoms with E-state index in [1.165, 1.54) is 25.3 Å². The number of ether oxygens (including phenoxy) is 2. The standard InChI is InChI=1S/C24H18BrFN2O3/c1-30-22-13-17(10-18(14-27)24(29)28-20-8-3-2-4-9-20)12-21(25)23(22)31-15-16-6-5-7-19(26)11-16/h2-13H,15H2,1H3,(H,28,29)/b18-10-. The summed E-state index contributed by atoms with van der Waals surface area (Å²) >= 11 is 3.44. The Balaban J connectivity index is 1.82. The number of benzene rings is 3. The molecule has 0 aliphatic heterocycles. The van der Waals surface area contributed by atoms with E-state index in [0.29, 0.717) is 32.8 Å². The van der Waals surface area contributed by atoms with Gasteiger partial charge < -0.3 is 14.8 Å². The van der Waals surface area contributed by atoms with Crippen LogP contribution in [0.1, 0.15) is 11.1 Å². The molecule has 31 heavy (non-hydrogen) atoms. The van der Waals surface area contributed by atoms with Crippen LogP contribution in [-0.4, -0.2) is 13.0 Å². The highest BCUT2D eigenvalue weighted by Gasteiger charge is 2.14. The van der Waals surface area contributed by atoms with Crippen molar-refractivity contribution in [3.8, 4) is 17.6 Å². The second-order valence-electron chi connectivity index (χ2n) is 6.44. The quantitative estimate of drug-likeness (QED) is 0.346. The highest BCUT2D eigenvalue weighted by Crippen LogP contribution is 2.37. The number of nitrogens with one attached hydrogen (secondary N) is 1. The molecular weight excluding hydrogens is 463 g/mol. The Morgan fingerprint density at radius 2 is 1.94 bits per heavy atom. The van der Waals surface area contributed by atoms with Gasteiger partial charge in [-0.3, -0.25) is 4.79 Å². The molecule has 0 fully saturated rings. The van der Waals surface area contributed by atoms with Gasteiger partial charge in [0.15, 0.2) is 11.5 Å². The number of carbonyl (C=O) groups excluding carboxylic acids is 1. The van der Waals surface area contributed by atoms with Crippen molar-refractivity contribution in [2.24, 2.45) is 0 Å². The zero-order valence-corrected chi connectivity index (χ0v) is 18.1. The molecule has 0 radical (unpaired) electrons. The van der Waals surface area contributed by atoms with Crippen molar-refractivity contribution in [3.05, 3.63) is 93.7 Å². The second-order valence-corrected chi connectivity index (χ2v) is 7.30. The lowest BCUT2D eigenvalue weighted by atomic mass is 10.1. The fraction of sp³-hybridized carbons (Fsp3) is 0.0833. The van der Waals surface area contributed by atoms with Gasteiger partial charge in [0.05, 0.1) is 11.6 Å². The van der Waals surface area contributed by atoms with E-state index in [-0.39, 0.29) is 18.0 Å². The summed E-state index contributed by atoms with van der Waals surface area (Å²) in [4.78, 5) is 12.4. The summed E-state index contributed by atoms with van der Waals surface area (Å²) < 4.78 is 25.2. The maximum Gasteiger partial charge on any atom is 0.266 e. The smallest absolute Gasteiger partial charge is 0.266 e. The van der Waals surface area contributed by atoms with Crippen LogP contribution in [0.2, 0.25) is 0 Å². The van der Waals surface area contributed by atoms with E-state index >= 15 is 0 Å². The minimum atomic E-state index is -0.518. The SMILES string of the molecule is COc1cc(/C=C(/C#N)C(=O)Nc2ccccc2)cc(Br)c1OCc1cccc(F)c1. The lowest BCUT2D eigenvalue weighted by Crippen LogP contribution is -2.13. The Labute approximate surface area is 187 Å². The maximum absolute atomic E-state index is 13.4. The van der Waals surface area contributed by atoms with Crippen LogP contribution >= 0.6 is 15.9 Å². The molecule has 0 heterocycles. The zero-order valence-electron chi connectivity index (χ0n) is 16.6. The first kappa shape index (κ1) is 22.1. The number of halogens is 2. The molecule has 0 unspecified atom stereocenters.